The van der Waals surface area contributed by atoms with E-state index in [9.17, 15) is 4.79 Å². The van der Waals surface area contributed by atoms with Crippen LogP contribution in [0.15, 0.2) is 24.3 Å². The van der Waals surface area contributed by atoms with Crippen LogP contribution in [0.25, 0.3) is 0 Å². The molecule has 4 nitrogen and oxygen atoms in total. The van der Waals surface area contributed by atoms with E-state index in [1.54, 1.807) is 0 Å². The topological polar surface area (TPSA) is 51.2 Å². The summed E-state index contributed by atoms with van der Waals surface area (Å²) in [6, 6.07) is 7.40. The van der Waals surface area contributed by atoms with Crippen LogP contribution in [-0.2, 0) is 19.3 Å². The largest absolute Gasteiger partial charge is 0.493 e. The van der Waals surface area contributed by atoms with Crippen molar-refractivity contribution < 1.29 is 9.53 Å². The molecule has 1 N–H and O–H groups in total. The first-order chi connectivity index (χ1) is 12.6. The van der Waals surface area contributed by atoms with Gasteiger partial charge in [0, 0.05) is 23.4 Å². The molecular formula is C21H28N2O2S. The number of rotatable bonds is 8. The first kappa shape index (κ1) is 18.9. The number of thiazole rings is 1. The van der Waals surface area contributed by atoms with Gasteiger partial charge in [0.15, 0.2) is 0 Å². The second kappa shape index (κ2) is 9.17. The van der Waals surface area contributed by atoms with Crippen LogP contribution >= 0.6 is 11.3 Å². The molecule has 0 unspecified atom stereocenters. The molecule has 0 spiro atoms. The van der Waals surface area contributed by atoms with E-state index < -0.39 is 0 Å². The van der Waals surface area contributed by atoms with E-state index in [0.29, 0.717) is 24.6 Å². The van der Waals surface area contributed by atoms with Gasteiger partial charge in [0.1, 0.15) is 5.75 Å². The Balaban J connectivity index is 1.44. The predicted octanol–water partition coefficient (Wildman–Crippen LogP) is 4.42. The Labute approximate surface area is 160 Å². The van der Waals surface area contributed by atoms with Crippen LogP contribution in [0.1, 0.15) is 59.0 Å². The number of ether oxygens (including phenoxy) is 1. The highest BCUT2D eigenvalue weighted by Gasteiger charge is 2.14. The fourth-order valence-corrected chi connectivity index (χ4v) is 4.24. The van der Waals surface area contributed by atoms with Crippen LogP contribution in [0.3, 0.4) is 0 Å². The van der Waals surface area contributed by atoms with Gasteiger partial charge in [-0.25, -0.2) is 4.98 Å². The van der Waals surface area contributed by atoms with Crippen molar-refractivity contribution in [1.82, 2.24) is 10.3 Å². The molecule has 5 heteroatoms. The first-order valence-electron chi connectivity index (χ1n) is 9.60. The Morgan fingerprint density at radius 1 is 1.31 bits per heavy atom. The number of hydrogen-bond donors (Lipinski definition) is 1. The third kappa shape index (κ3) is 5.31. The lowest BCUT2D eigenvalue weighted by atomic mass is 10.0. The molecular weight excluding hydrogens is 344 g/mol. The number of amides is 1. The molecule has 0 fully saturated rings. The number of fused-ring (bicyclic) bond motifs is 1. The minimum atomic E-state index is -0.0431. The van der Waals surface area contributed by atoms with Crippen molar-refractivity contribution in [2.24, 2.45) is 5.92 Å². The second-order valence-electron chi connectivity index (χ2n) is 7.28. The zero-order valence-electron chi connectivity index (χ0n) is 15.7. The molecule has 1 amide bonds. The van der Waals surface area contributed by atoms with E-state index in [0.717, 1.165) is 25.0 Å². The van der Waals surface area contributed by atoms with Crippen LogP contribution in [0, 0.1) is 5.92 Å². The Morgan fingerprint density at radius 3 is 2.96 bits per heavy atom. The molecule has 0 radical (unpaired) electrons. The summed E-state index contributed by atoms with van der Waals surface area (Å²) >= 11 is 1.86. The van der Waals surface area contributed by atoms with Crippen LogP contribution in [0.2, 0.25) is 0 Å². The average Bonchev–Trinajstić information content (AvgIpc) is 3.06. The number of carbonyl (C=O) groups excluding carboxylic acids is 1. The van der Waals surface area contributed by atoms with E-state index in [1.807, 2.05) is 35.6 Å². The lowest BCUT2D eigenvalue weighted by molar-refractivity contribution is 0.0952. The number of carbonyl (C=O) groups is 1. The number of nitrogens with one attached hydrogen (secondary N) is 1. The fourth-order valence-electron chi connectivity index (χ4n) is 3.05. The molecule has 1 aromatic heterocycles. The van der Waals surface area contributed by atoms with Crippen molar-refractivity contribution in [1.29, 1.82) is 0 Å². The summed E-state index contributed by atoms with van der Waals surface area (Å²) in [5.41, 5.74) is 1.97. The summed E-state index contributed by atoms with van der Waals surface area (Å²) in [6.45, 7) is 5.54. The SMILES string of the molecule is CC(C)COc1cccc(C(=O)NCCCc2nc3c(s2)CCCC3)c1. The molecule has 0 bridgehead atoms. The lowest BCUT2D eigenvalue weighted by Gasteiger charge is -2.10. The maximum atomic E-state index is 12.3. The van der Waals surface area contributed by atoms with Gasteiger partial charge in [0.05, 0.1) is 17.3 Å². The fraction of sp³-hybridized carbons (Fsp3) is 0.524. The van der Waals surface area contributed by atoms with Gasteiger partial charge in [-0.15, -0.1) is 11.3 Å². The highest BCUT2D eigenvalue weighted by Crippen LogP contribution is 2.27. The summed E-state index contributed by atoms with van der Waals surface area (Å²) in [7, 11) is 0. The normalized spacial score (nSPS) is 13.5. The van der Waals surface area contributed by atoms with Gasteiger partial charge in [0.25, 0.3) is 5.91 Å². The quantitative estimate of drug-likeness (QED) is 0.698. The smallest absolute Gasteiger partial charge is 0.251 e. The van der Waals surface area contributed by atoms with Crippen LogP contribution in [-0.4, -0.2) is 24.0 Å². The zero-order valence-corrected chi connectivity index (χ0v) is 16.5. The third-order valence-corrected chi connectivity index (χ3v) is 5.64. The molecule has 1 aliphatic carbocycles. The van der Waals surface area contributed by atoms with E-state index in [4.69, 9.17) is 9.72 Å². The second-order valence-corrected chi connectivity index (χ2v) is 8.44. The van der Waals surface area contributed by atoms with Gasteiger partial charge >= 0.3 is 0 Å². The van der Waals surface area contributed by atoms with Crippen molar-refractivity contribution >= 4 is 17.2 Å². The molecule has 0 saturated heterocycles. The van der Waals surface area contributed by atoms with E-state index in [1.165, 1.54) is 34.8 Å². The van der Waals surface area contributed by atoms with Crippen molar-refractivity contribution in [2.75, 3.05) is 13.2 Å². The molecule has 3 rings (SSSR count). The molecule has 0 atom stereocenters. The molecule has 2 aromatic rings. The van der Waals surface area contributed by atoms with Crippen LogP contribution < -0.4 is 10.1 Å². The molecule has 0 aliphatic heterocycles. The summed E-state index contributed by atoms with van der Waals surface area (Å²) < 4.78 is 5.69. The molecule has 1 heterocycles. The summed E-state index contributed by atoms with van der Waals surface area (Å²) in [4.78, 5) is 18.6. The van der Waals surface area contributed by atoms with Crippen molar-refractivity contribution in [3.8, 4) is 5.75 Å². The Morgan fingerprint density at radius 2 is 2.15 bits per heavy atom. The minimum Gasteiger partial charge on any atom is -0.493 e. The van der Waals surface area contributed by atoms with Crippen molar-refractivity contribution in [2.45, 2.75) is 52.4 Å². The minimum absolute atomic E-state index is 0.0431. The Kier molecular flexibility index (Phi) is 6.67. The lowest BCUT2D eigenvalue weighted by Crippen LogP contribution is -2.24. The van der Waals surface area contributed by atoms with E-state index >= 15 is 0 Å². The monoisotopic (exact) mass is 372 g/mol. The van der Waals surface area contributed by atoms with Gasteiger partial charge in [-0.2, -0.15) is 0 Å². The van der Waals surface area contributed by atoms with Crippen molar-refractivity contribution in [3.05, 3.63) is 45.4 Å². The standard InChI is InChI=1S/C21H28N2O2S/c1-15(2)14-25-17-8-5-7-16(13-17)21(24)22-12-6-11-20-23-18-9-3-4-10-19(18)26-20/h5,7-8,13,15H,3-4,6,9-12,14H2,1-2H3,(H,22,24). The maximum Gasteiger partial charge on any atom is 0.251 e. The zero-order chi connectivity index (χ0) is 18.4. The number of aromatic nitrogens is 1. The number of nitrogens with zero attached hydrogens (tertiary/aromatic N) is 1. The highest BCUT2D eigenvalue weighted by atomic mass is 32.1. The molecule has 1 aromatic carbocycles. The maximum absolute atomic E-state index is 12.3. The van der Waals surface area contributed by atoms with E-state index in [-0.39, 0.29) is 5.91 Å². The van der Waals surface area contributed by atoms with Gasteiger partial charge in [-0.3, -0.25) is 4.79 Å². The van der Waals surface area contributed by atoms with E-state index in [2.05, 4.69) is 19.2 Å². The van der Waals surface area contributed by atoms with Crippen molar-refractivity contribution in [3.63, 3.8) is 0 Å². The number of aryl methyl sites for hydroxylation is 3. The van der Waals surface area contributed by atoms with Crippen LogP contribution in [0.5, 0.6) is 5.75 Å². The molecule has 140 valence electrons. The Bertz CT molecular complexity index is 716. The summed E-state index contributed by atoms with van der Waals surface area (Å²) in [5, 5.41) is 4.22. The van der Waals surface area contributed by atoms with Crippen LogP contribution in [0.4, 0.5) is 0 Å². The number of benzene rings is 1. The third-order valence-electron chi connectivity index (χ3n) is 4.42. The average molecular weight is 373 g/mol. The predicted molar refractivity (Wildman–Crippen MR) is 106 cm³/mol. The number of hydrogen-bond acceptors (Lipinski definition) is 4. The molecule has 1 aliphatic rings. The first-order valence-corrected chi connectivity index (χ1v) is 10.4. The molecule has 26 heavy (non-hydrogen) atoms. The Hall–Kier alpha value is -1.88. The highest BCUT2D eigenvalue weighted by molar-refractivity contribution is 7.11. The summed E-state index contributed by atoms with van der Waals surface area (Å²) in [6.07, 6.45) is 6.75. The van der Waals surface area contributed by atoms with Gasteiger partial charge in [-0.05, 0) is 56.2 Å². The molecule has 0 saturated carbocycles. The van der Waals surface area contributed by atoms with Gasteiger partial charge < -0.3 is 10.1 Å². The van der Waals surface area contributed by atoms with Gasteiger partial charge in [-0.1, -0.05) is 19.9 Å². The summed E-state index contributed by atoms with van der Waals surface area (Å²) in [5.74, 6) is 1.17. The van der Waals surface area contributed by atoms with Gasteiger partial charge in [0.2, 0.25) is 0 Å².